The van der Waals surface area contributed by atoms with Crippen LogP contribution in [0.4, 0.5) is 0 Å². The Balaban J connectivity index is 2.38. The maximum Gasteiger partial charge on any atom is 0.0762 e. The number of hydrogen-bond acceptors (Lipinski definition) is 3. The van der Waals surface area contributed by atoms with Crippen LogP contribution in [0.2, 0.25) is 0 Å². The van der Waals surface area contributed by atoms with Crippen LogP contribution in [0.3, 0.4) is 0 Å². The van der Waals surface area contributed by atoms with Gasteiger partial charge in [-0.05, 0) is 38.4 Å². The second kappa shape index (κ2) is 7.41. The fourth-order valence-corrected chi connectivity index (χ4v) is 1.78. The second-order valence-electron chi connectivity index (χ2n) is 4.08. The number of rotatable bonds is 8. The van der Waals surface area contributed by atoms with Gasteiger partial charge >= 0.3 is 0 Å². The third-order valence-corrected chi connectivity index (χ3v) is 2.84. The van der Waals surface area contributed by atoms with Crippen LogP contribution in [0.15, 0.2) is 12.3 Å². The highest BCUT2D eigenvalue weighted by molar-refractivity contribution is 4.99. The number of nitrogens with one attached hydrogen (secondary N) is 1. The van der Waals surface area contributed by atoms with Crippen LogP contribution in [-0.4, -0.2) is 22.9 Å². The van der Waals surface area contributed by atoms with Crippen molar-refractivity contribution in [3.63, 3.8) is 0 Å². The molecule has 0 aliphatic rings. The van der Waals surface area contributed by atoms with E-state index in [1.54, 1.807) is 0 Å². The average molecular weight is 224 g/mol. The fraction of sp³-hybridized carbons (Fsp3) is 0.750. The first kappa shape index (κ1) is 13.2. The van der Waals surface area contributed by atoms with Crippen LogP contribution in [0.1, 0.15) is 44.8 Å². The van der Waals surface area contributed by atoms with Gasteiger partial charge in [0, 0.05) is 12.7 Å². The Bertz CT molecular complexity index is 278. The molecule has 16 heavy (non-hydrogen) atoms. The highest BCUT2D eigenvalue weighted by Crippen LogP contribution is 2.14. The highest BCUT2D eigenvalue weighted by Gasteiger charge is 2.07. The molecule has 1 heterocycles. The van der Waals surface area contributed by atoms with Crippen LogP contribution >= 0.6 is 0 Å². The summed E-state index contributed by atoms with van der Waals surface area (Å²) in [7, 11) is 0. The van der Waals surface area contributed by atoms with Crippen molar-refractivity contribution in [1.82, 2.24) is 15.1 Å². The summed E-state index contributed by atoms with van der Waals surface area (Å²) < 4.78 is 2.08. The van der Waals surface area contributed by atoms with Gasteiger partial charge in [-0.3, -0.25) is 4.68 Å². The maximum absolute atomic E-state index is 5.43. The summed E-state index contributed by atoms with van der Waals surface area (Å²) in [5.41, 5.74) is 6.54. The van der Waals surface area contributed by atoms with Crippen molar-refractivity contribution >= 4 is 0 Å². The van der Waals surface area contributed by atoms with Gasteiger partial charge in [0.1, 0.15) is 0 Å². The molecule has 1 rings (SSSR count). The Morgan fingerprint density at radius 1 is 1.44 bits per heavy atom. The monoisotopic (exact) mass is 224 g/mol. The molecular weight excluding hydrogens is 200 g/mol. The Morgan fingerprint density at radius 2 is 2.19 bits per heavy atom. The summed E-state index contributed by atoms with van der Waals surface area (Å²) in [6, 6.07) is 2.63. The lowest BCUT2D eigenvalue weighted by Crippen LogP contribution is -2.18. The molecule has 0 bridgehead atoms. The Hall–Kier alpha value is -0.870. The summed E-state index contributed by atoms with van der Waals surface area (Å²) in [5, 5.41) is 7.91. The number of nitrogens with two attached hydrogens (primary N) is 1. The third kappa shape index (κ3) is 3.94. The van der Waals surface area contributed by atoms with Crippen molar-refractivity contribution in [2.75, 3.05) is 13.1 Å². The predicted octanol–water partition coefficient (Wildman–Crippen LogP) is 1.68. The Kier molecular flexibility index (Phi) is 6.11. The predicted molar refractivity (Wildman–Crippen MR) is 67.2 cm³/mol. The van der Waals surface area contributed by atoms with E-state index in [0.717, 1.165) is 44.6 Å². The van der Waals surface area contributed by atoms with Crippen LogP contribution in [-0.2, 0) is 6.54 Å². The molecular formula is C12H24N4. The number of hydrogen-bond donors (Lipinski definition) is 2. The first-order valence-corrected chi connectivity index (χ1v) is 6.26. The molecule has 1 aromatic rings. The minimum Gasteiger partial charge on any atom is -0.330 e. The van der Waals surface area contributed by atoms with Gasteiger partial charge in [0.2, 0.25) is 0 Å². The van der Waals surface area contributed by atoms with Gasteiger partial charge in [-0.25, -0.2) is 0 Å². The van der Waals surface area contributed by atoms with Crippen molar-refractivity contribution in [3.8, 4) is 0 Å². The summed E-state index contributed by atoms with van der Waals surface area (Å²) in [5.74, 6) is 0. The molecule has 0 aliphatic carbocycles. The molecule has 0 unspecified atom stereocenters. The molecule has 1 aromatic heterocycles. The number of aromatic nitrogens is 2. The lowest BCUT2D eigenvalue weighted by molar-refractivity contribution is 0.424. The van der Waals surface area contributed by atoms with Crippen molar-refractivity contribution in [3.05, 3.63) is 18.0 Å². The minimum absolute atomic E-state index is 0.540. The normalized spacial score (nSPS) is 11.2. The van der Waals surface area contributed by atoms with E-state index in [2.05, 4.69) is 41.2 Å². The Labute approximate surface area is 98.2 Å². The summed E-state index contributed by atoms with van der Waals surface area (Å²) in [6.45, 7) is 6.96. The molecule has 3 N–H and O–H groups in total. The van der Waals surface area contributed by atoms with E-state index < -0.39 is 0 Å². The minimum atomic E-state index is 0.540. The van der Waals surface area contributed by atoms with E-state index in [1.165, 1.54) is 0 Å². The SMILES string of the molecule is CCC(CC)n1ccc(CNCCCN)n1. The smallest absolute Gasteiger partial charge is 0.0762 e. The van der Waals surface area contributed by atoms with Crippen LogP contribution in [0.5, 0.6) is 0 Å². The first-order chi connectivity index (χ1) is 7.81. The van der Waals surface area contributed by atoms with E-state index in [1.807, 2.05) is 0 Å². The Morgan fingerprint density at radius 3 is 2.81 bits per heavy atom. The van der Waals surface area contributed by atoms with Gasteiger partial charge in [0.25, 0.3) is 0 Å². The van der Waals surface area contributed by atoms with Crippen molar-refractivity contribution < 1.29 is 0 Å². The summed E-state index contributed by atoms with van der Waals surface area (Å²) in [4.78, 5) is 0. The van der Waals surface area contributed by atoms with Gasteiger partial charge in [-0.2, -0.15) is 5.10 Å². The lowest BCUT2D eigenvalue weighted by atomic mass is 10.2. The highest BCUT2D eigenvalue weighted by atomic mass is 15.3. The number of nitrogens with zero attached hydrogens (tertiary/aromatic N) is 2. The van der Waals surface area contributed by atoms with Crippen molar-refractivity contribution in [2.24, 2.45) is 5.73 Å². The fourth-order valence-electron chi connectivity index (χ4n) is 1.78. The van der Waals surface area contributed by atoms with E-state index in [4.69, 9.17) is 5.73 Å². The molecule has 0 fully saturated rings. The molecule has 92 valence electrons. The molecule has 0 atom stereocenters. The molecule has 0 radical (unpaired) electrons. The zero-order valence-corrected chi connectivity index (χ0v) is 10.4. The quantitative estimate of drug-likeness (QED) is 0.661. The summed E-state index contributed by atoms with van der Waals surface area (Å²) in [6.07, 6.45) is 5.38. The zero-order valence-electron chi connectivity index (χ0n) is 10.4. The van der Waals surface area contributed by atoms with Gasteiger partial charge in [-0.1, -0.05) is 13.8 Å². The molecule has 0 amide bonds. The third-order valence-electron chi connectivity index (χ3n) is 2.84. The lowest BCUT2D eigenvalue weighted by Gasteiger charge is -2.12. The molecule has 0 saturated heterocycles. The van der Waals surface area contributed by atoms with E-state index in [0.29, 0.717) is 6.04 Å². The molecule has 0 aliphatic heterocycles. The molecule has 4 heteroatoms. The van der Waals surface area contributed by atoms with Crippen LogP contribution < -0.4 is 11.1 Å². The summed E-state index contributed by atoms with van der Waals surface area (Å²) >= 11 is 0. The van der Waals surface area contributed by atoms with E-state index in [-0.39, 0.29) is 0 Å². The topological polar surface area (TPSA) is 55.9 Å². The zero-order chi connectivity index (χ0) is 11.8. The van der Waals surface area contributed by atoms with Crippen molar-refractivity contribution in [2.45, 2.75) is 45.7 Å². The van der Waals surface area contributed by atoms with Gasteiger partial charge < -0.3 is 11.1 Å². The second-order valence-corrected chi connectivity index (χ2v) is 4.08. The molecule has 0 spiro atoms. The first-order valence-electron chi connectivity index (χ1n) is 6.26. The van der Waals surface area contributed by atoms with Crippen LogP contribution in [0, 0.1) is 0 Å². The largest absolute Gasteiger partial charge is 0.330 e. The van der Waals surface area contributed by atoms with Crippen molar-refractivity contribution in [1.29, 1.82) is 0 Å². The van der Waals surface area contributed by atoms with Gasteiger partial charge in [-0.15, -0.1) is 0 Å². The molecule has 0 saturated carbocycles. The maximum atomic E-state index is 5.43. The molecule has 4 nitrogen and oxygen atoms in total. The van der Waals surface area contributed by atoms with Gasteiger partial charge in [0.15, 0.2) is 0 Å². The van der Waals surface area contributed by atoms with E-state index >= 15 is 0 Å². The van der Waals surface area contributed by atoms with E-state index in [9.17, 15) is 0 Å². The van der Waals surface area contributed by atoms with Crippen LogP contribution in [0.25, 0.3) is 0 Å². The average Bonchev–Trinajstić information content (AvgIpc) is 2.75. The molecule has 0 aromatic carbocycles. The standard InChI is InChI=1S/C12H24N4/c1-3-12(4-2)16-9-6-11(15-16)10-14-8-5-7-13/h6,9,12,14H,3-5,7-8,10,13H2,1-2H3. The van der Waals surface area contributed by atoms with Gasteiger partial charge in [0.05, 0.1) is 11.7 Å².